The third kappa shape index (κ3) is 7.78. The monoisotopic (exact) mass is 187 g/mol. The van der Waals surface area contributed by atoms with Crippen LogP contribution in [0.1, 0.15) is 33.6 Å². The smallest absolute Gasteiger partial charge is 0.317 e. The van der Waals surface area contributed by atoms with Crippen molar-refractivity contribution < 1.29 is 9.90 Å². The fraction of sp³-hybridized carbons (Fsp3) is 0.900. The summed E-state index contributed by atoms with van der Waals surface area (Å²) in [5, 5.41) is 8.63. The predicted molar refractivity (Wildman–Crippen MR) is 53.8 cm³/mol. The first-order valence-corrected chi connectivity index (χ1v) is 5.00. The molecule has 13 heavy (non-hydrogen) atoms. The normalized spacial score (nSPS) is 11.2. The summed E-state index contributed by atoms with van der Waals surface area (Å²) in [5.74, 6) is -0.0784. The molecule has 0 saturated carbocycles. The Kier molecular flexibility index (Phi) is 6.59. The van der Waals surface area contributed by atoms with Gasteiger partial charge in [-0.2, -0.15) is 0 Å². The molecule has 0 atom stereocenters. The van der Waals surface area contributed by atoms with Crippen LogP contribution >= 0.6 is 0 Å². The minimum Gasteiger partial charge on any atom is -0.480 e. The van der Waals surface area contributed by atoms with Crippen molar-refractivity contribution in [3.05, 3.63) is 0 Å². The van der Waals surface area contributed by atoms with Gasteiger partial charge in [0.05, 0.1) is 6.54 Å². The first kappa shape index (κ1) is 12.4. The molecule has 0 radical (unpaired) electrons. The van der Waals surface area contributed by atoms with Gasteiger partial charge in [-0.1, -0.05) is 20.8 Å². The molecule has 0 aromatic heterocycles. The van der Waals surface area contributed by atoms with Crippen molar-refractivity contribution in [3.8, 4) is 0 Å². The quantitative estimate of drug-likeness (QED) is 0.661. The molecule has 3 nitrogen and oxygen atoms in total. The van der Waals surface area contributed by atoms with E-state index in [9.17, 15) is 4.79 Å². The largest absolute Gasteiger partial charge is 0.480 e. The second kappa shape index (κ2) is 6.89. The molecule has 3 heteroatoms. The Bertz CT molecular complexity index is 146. The molecular formula is C10H21NO2. The molecule has 0 aliphatic heterocycles. The van der Waals surface area contributed by atoms with Crippen molar-refractivity contribution in [1.29, 1.82) is 0 Å². The summed E-state index contributed by atoms with van der Waals surface area (Å²) >= 11 is 0. The summed E-state index contributed by atoms with van der Waals surface area (Å²) in [6.07, 6.45) is 2.10. The molecule has 0 aliphatic rings. The maximum absolute atomic E-state index is 10.5. The van der Waals surface area contributed by atoms with Crippen LogP contribution < -0.4 is 0 Å². The molecule has 0 spiro atoms. The van der Waals surface area contributed by atoms with Gasteiger partial charge in [-0.15, -0.1) is 0 Å². The second-order valence-corrected chi connectivity index (χ2v) is 3.85. The van der Waals surface area contributed by atoms with Gasteiger partial charge in [0.2, 0.25) is 0 Å². The van der Waals surface area contributed by atoms with E-state index in [1.54, 1.807) is 0 Å². The van der Waals surface area contributed by atoms with Gasteiger partial charge < -0.3 is 5.11 Å². The van der Waals surface area contributed by atoms with Crippen LogP contribution in [0.25, 0.3) is 0 Å². The van der Waals surface area contributed by atoms with Crippen LogP contribution in [0.2, 0.25) is 0 Å². The molecule has 1 N–H and O–H groups in total. The van der Waals surface area contributed by atoms with Crippen LogP contribution in [0.15, 0.2) is 0 Å². The van der Waals surface area contributed by atoms with Gasteiger partial charge in [0.25, 0.3) is 0 Å². The summed E-state index contributed by atoms with van der Waals surface area (Å²) < 4.78 is 0. The lowest BCUT2D eigenvalue weighted by Gasteiger charge is -2.20. The van der Waals surface area contributed by atoms with Gasteiger partial charge in [0.15, 0.2) is 0 Å². The van der Waals surface area contributed by atoms with Crippen LogP contribution in [0.3, 0.4) is 0 Å². The molecule has 0 fully saturated rings. The van der Waals surface area contributed by atoms with Gasteiger partial charge >= 0.3 is 5.97 Å². The van der Waals surface area contributed by atoms with Crippen molar-refractivity contribution in [3.63, 3.8) is 0 Å². The summed E-state index contributed by atoms with van der Waals surface area (Å²) in [6, 6.07) is 0. The Hall–Kier alpha value is -0.570. The number of rotatable bonds is 7. The molecule has 0 rings (SSSR count). The maximum Gasteiger partial charge on any atom is 0.317 e. The zero-order valence-corrected chi connectivity index (χ0v) is 8.92. The first-order valence-electron chi connectivity index (χ1n) is 5.00. The van der Waals surface area contributed by atoms with E-state index in [4.69, 9.17) is 5.11 Å². The third-order valence-electron chi connectivity index (χ3n) is 1.92. The van der Waals surface area contributed by atoms with Crippen LogP contribution in [0, 0.1) is 5.92 Å². The average Bonchev–Trinajstić information content (AvgIpc) is 1.99. The Morgan fingerprint density at radius 1 is 1.38 bits per heavy atom. The highest BCUT2D eigenvalue weighted by atomic mass is 16.4. The second-order valence-electron chi connectivity index (χ2n) is 3.85. The molecule has 0 aliphatic carbocycles. The van der Waals surface area contributed by atoms with Crippen molar-refractivity contribution in [2.45, 2.75) is 33.6 Å². The fourth-order valence-electron chi connectivity index (χ4n) is 1.22. The lowest BCUT2D eigenvalue weighted by atomic mass is 10.1. The fourth-order valence-corrected chi connectivity index (χ4v) is 1.22. The Morgan fingerprint density at radius 2 is 2.00 bits per heavy atom. The maximum atomic E-state index is 10.5. The highest BCUT2D eigenvalue weighted by Crippen LogP contribution is 2.02. The lowest BCUT2D eigenvalue weighted by Crippen LogP contribution is -2.32. The average molecular weight is 187 g/mol. The molecule has 0 amide bonds. The van der Waals surface area contributed by atoms with Crippen molar-refractivity contribution in [2.24, 2.45) is 5.92 Å². The molecule has 0 bridgehead atoms. The van der Waals surface area contributed by atoms with E-state index in [-0.39, 0.29) is 6.54 Å². The van der Waals surface area contributed by atoms with Gasteiger partial charge in [0, 0.05) is 0 Å². The van der Waals surface area contributed by atoms with Crippen molar-refractivity contribution in [1.82, 2.24) is 4.90 Å². The lowest BCUT2D eigenvalue weighted by molar-refractivity contribution is -0.138. The molecule has 0 heterocycles. The van der Waals surface area contributed by atoms with E-state index in [2.05, 4.69) is 20.8 Å². The number of hydrogen-bond acceptors (Lipinski definition) is 2. The summed E-state index contributed by atoms with van der Waals surface area (Å²) in [7, 11) is 0. The summed E-state index contributed by atoms with van der Waals surface area (Å²) in [5.41, 5.74) is 0. The Labute approximate surface area is 80.7 Å². The van der Waals surface area contributed by atoms with Crippen LogP contribution in [-0.2, 0) is 4.79 Å². The highest BCUT2D eigenvalue weighted by Gasteiger charge is 2.08. The summed E-state index contributed by atoms with van der Waals surface area (Å²) in [4.78, 5) is 12.5. The first-order chi connectivity index (χ1) is 6.06. The third-order valence-corrected chi connectivity index (χ3v) is 1.92. The molecule has 0 aromatic rings. The number of aliphatic carboxylic acids is 1. The number of nitrogens with zero attached hydrogens (tertiary/aromatic N) is 1. The molecular weight excluding hydrogens is 166 g/mol. The van der Waals surface area contributed by atoms with Crippen LogP contribution in [-0.4, -0.2) is 35.6 Å². The zero-order chi connectivity index (χ0) is 10.3. The van der Waals surface area contributed by atoms with Gasteiger partial charge in [-0.3, -0.25) is 9.69 Å². The number of hydrogen-bond donors (Lipinski definition) is 1. The van der Waals surface area contributed by atoms with Crippen LogP contribution in [0.4, 0.5) is 0 Å². The minimum absolute atomic E-state index is 0.181. The van der Waals surface area contributed by atoms with Crippen molar-refractivity contribution >= 4 is 5.97 Å². The van der Waals surface area contributed by atoms with E-state index in [1.807, 2.05) is 4.90 Å². The van der Waals surface area contributed by atoms with E-state index >= 15 is 0 Å². The van der Waals surface area contributed by atoms with E-state index in [0.29, 0.717) is 5.92 Å². The van der Waals surface area contributed by atoms with Gasteiger partial charge in [-0.05, 0) is 31.8 Å². The Morgan fingerprint density at radius 3 is 2.38 bits per heavy atom. The van der Waals surface area contributed by atoms with E-state index in [0.717, 1.165) is 25.9 Å². The van der Waals surface area contributed by atoms with Gasteiger partial charge in [-0.25, -0.2) is 0 Å². The number of carboxylic acids is 1. The number of carboxylic acid groups (broad SMARTS) is 1. The minimum atomic E-state index is -0.725. The highest BCUT2D eigenvalue weighted by molar-refractivity contribution is 5.69. The predicted octanol–water partition coefficient (Wildman–Crippen LogP) is 1.83. The van der Waals surface area contributed by atoms with Crippen molar-refractivity contribution in [2.75, 3.05) is 19.6 Å². The molecule has 0 saturated heterocycles. The van der Waals surface area contributed by atoms with Crippen LogP contribution in [0.5, 0.6) is 0 Å². The van der Waals surface area contributed by atoms with Gasteiger partial charge in [0.1, 0.15) is 0 Å². The molecule has 0 aromatic carbocycles. The molecule has 78 valence electrons. The standard InChI is InChI=1S/C10H21NO2/c1-4-6-11(8-10(12)13)7-5-9(2)3/h9H,4-8H2,1-3H3,(H,12,13). The van der Waals surface area contributed by atoms with E-state index < -0.39 is 5.97 Å². The zero-order valence-electron chi connectivity index (χ0n) is 8.92. The SMILES string of the molecule is CCCN(CCC(C)C)CC(=O)O. The summed E-state index contributed by atoms with van der Waals surface area (Å²) in [6.45, 7) is 8.36. The Balaban J connectivity index is 3.72. The van der Waals surface area contributed by atoms with E-state index in [1.165, 1.54) is 0 Å². The molecule has 0 unspecified atom stereocenters. The number of carbonyl (C=O) groups is 1. The topological polar surface area (TPSA) is 40.5 Å².